The molecule has 21 heavy (non-hydrogen) atoms. The lowest BCUT2D eigenvalue weighted by atomic mass is 9.92. The zero-order valence-corrected chi connectivity index (χ0v) is 13.2. The lowest BCUT2D eigenvalue weighted by molar-refractivity contribution is 0.533. The van der Waals surface area contributed by atoms with Gasteiger partial charge in [-0.1, -0.05) is 32.4 Å². The second-order valence-corrected chi connectivity index (χ2v) is 6.69. The summed E-state index contributed by atoms with van der Waals surface area (Å²) < 4.78 is 2.24. The number of pyridine rings is 2. The standard InChI is InChI=1S/C17H18ClN3/c1-17(2,3)15-9-12-5-4-8-19-16(12)21(15)11-14-7-6-13(18)10-20-14/h4-10H,11H2,1-3H3. The molecule has 0 saturated carbocycles. The van der Waals surface area contributed by atoms with Gasteiger partial charge in [-0.3, -0.25) is 4.98 Å². The van der Waals surface area contributed by atoms with Gasteiger partial charge in [0, 0.05) is 28.9 Å². The van der Waals surface area contributed by atoms with E-state index in [0.29, 0.717) is 11.6 Å². The fraction of sp³-hybridized carbons (Fsp3) is 0.294. The lowest BCUT2D eigenvalue weighted by Gasteiger charge is -2.21. The van der Waals surface area contributed by atoms with Crippen LogP contribution in [0.5, 0.6) is 0 Å². The van der Waals surface area contributed by atoms with Crippen LogP contribution < -0.4 is 0 Å². The zero-order chi connectivity index (χ0) is 15.0. The fourth-order valence-electron chi connectivity index (χ4n) is 2.53. The van der Waals surface area contributed by atoms with Crippen LogP contribution in [0, 0.1) is 0 Å². The molecular formula is C17H18ClN3. The van der Waals surface area contributed by atoms with Crippen molar-refractivity contribution >= 4 is 22.6 Å². The molecule has 0 bridgehead atoms. The van der Waals surface area contributed by atoms with Gasteiger partial charge in [-0.05, 0) is 30.3 Å². The summed E-state index contributed by atoms with van der Waals surface area (Å²) in [6.45, 7) is 7.34. The van der Waals surface area contributed by atoms with Gasteiger partial charge < -0.3 is 4.57 Å². The second-order valence-electron chi connectivity index (χ2n) is 6.25. The maximum Gasteiger partial charge on any atom is 0.140 e. The minimum atomic E-state index is 0.0487. The highest BCUT2D eigenvalue weighted by molar-refractivity contribution is 6.30. The first kappa shape index (κ1) is 14.1. The average molecular weight is 300 g/mol. The fourth-order valence-corrected chi connectivity index (χ4v) is 2.64. The molecule has 0 aliphatic heterocycles. The van der Waals surface area contributed by atoms with Gasteiger partial charge in [-0.2, -0.15) is 0 Å². The Kier molecular flexibility index (Phi) is 3.46. The first-order chi connectivity index (χ1) is 9.95. The smallest absolute Gasteiger partial charge is 0.140 e. The maximum atomic E-state index is 5.91. The molecule has 108 valence electrons. The molecule has 0 N–H and O–H groups in total. The van der Waals surface area contributed by atoms with E-state index in [1.54, 1.807) is 6.20 Å². The van der Waals surface area contributed by atoms with Crippen molar-refractivity contribution in [3.8, 4) is 0 Å². The molecule has 0 aliphatic carbocycles. The number of hydrogen-bond acceptors (Lipinski definition) is 2. The summed E-state index contributed by atoms with van der Waals surface area (Å²) in [5.41, 5.74) is 3.29. The summed E-state index contributed by atoms with van der Waals surface area (Å²) in [7, 11) is 0. The van der Waals surface area contributed by atoms with Gasteiger partial charge in [0.2, 0.25) is 0 Å². The summed E-state index contributed by atoms with van der Waals surface area (Å²) in [6.07, 6.45) is 3.52. The summed E-state index contributed by atoms with van der Waals surface area (Å²) in [6, 6.07) is 10.1. The molecule has 0 aliphatic rings. The molecule has 4 heteroatoms. The predicted octanol–water partition coefficient (Wildman–Crippen LogP) is 4.43. The van der Waals surface area contributed by atoms with Crippen molar-refractivity contribution in [1.82, 2.24) is 14.5 Å². The van der Waals surface area contributed by atoms with Crippen LogP contribution in [0.4, 0.5) is 0 Å². The largest absolute Gasteiger partial charge is 0.323 e. The van der Waals surface area contributed by atoms with E-state index in [-0.39, 0.29) is 5.41 Å². The van der Waals surface area contributed by atoms with Crippen LogP contribution in [0.15, 0.2) is 42.7 Å². The van der Waals surface area contributed by atoms with Crippen molar-refractivity contribution in [2.45, 2.75) is 32.7 Å². The van der Waals surface area contributed by atoms with Crippen LogP contribution in [0.1, 0.15) is 32.2 Å². The second kappa shape index (κ2) is 5.15. The number of hydrogen-bond donors (Lipinski definition) is 0. The van der Waals surface area contributed by atoms with E-state index >= 15 is 0 Å². The topological polar surface area (TPSA) is 30.7 Å². The Morgan fingerprint density at radius 1 is 1.14 bits per heavy atom. The third-order valence-electron chi connectivity index (χ3n) is 3.53. The number of nitrogens with zero attached hydrogens (tertiary/aromatic N) is 3. The minimum absolute atomic E-state index is 0.0487. The highest BCUT2D eigenvalue weighted by Crippen LogP contribution is 2.29. The van der Waals surface area contributed by atoms with Gasteiger partial charge in [0.1, 0.15) is 5.65 Å². The third kappa shape index (κ3) is 2.79. The molecule has 3 heterocycles. The van der Waals surface area contributed by atoms with Crippen LogP contribution in [0.2, 0.25) is 5.02 Å². The van der Waals surface area contributed by atoms with Crippen molar-refractivity contribution < 1.29 is 0 Å². The van der Waals surface area contributed by atoms with Crippen LogP contribution >= 0.6 is 11.6 Å². The Labute approximate surface area is 129 Å². The summed E-state index contributed by atoms with van der Waals surface area (Å²) in [5, 5.41) is 1.82. The summed E-state index contributed by atoms with van der Waals surface area (Å²) >= 11 is 5.91. The molecule has 3 aromatic rings. The molecule has 0 fully saturated rings. The molecule has 0 unspecified atom stereocenters. The summed E-state index contributed by atoms with van der Waals surface area (Å²) in [5.74, 6) is 0. The molecule has 0 saturated heterocycles. The monoisotopic (exact) mass is 299 g/mol. The number of halogens is 1. The molecular weight excluding hydrogens is 282 g/mol. The Bertz CT molecular complexity index is 767. The Balaban J connectivity index is 2.13. The minimum Gasteiger partial charge on any atom is -0.323 e. The van der Waals surface area contributed by atoms with E-state index in [0.717, 1.165) is 16.7 Å². The Hall–Kier alpha value is -1.87. The molecule has 0 radical (unpaired) electrons. The van der Waals surface area contributed by atoms with Gasteiger partial charge in [0.15, 0.2) is 0 Å². The first-order valence-corrected chi connectivity index (χ1v) is 7.38. The van der Waals surface area contributed by atoms with Crippen molar-refractivity contribution in [1.29, 1.82) is 0 Å². The van der Waals surface area contributed by atoms with Gasteiger partial charge in [-0.25, -0.2) is 4.98 Å². The van der Waals surface area contributed by atoms with Crippen LogP contribution in [0.25, 0.3) is 11.0 Å². The number of aromatic nitrogens is 3. The normalized spacial score (nSPS) is 12.0. The van der Waals surface area contributed by atoms with E-state index < -0.39 is 0 Å². The van der Waals surface area contributed by atoms with Gasteiger partial charge >= 0.3 is 0 Å². The molecule has 0 aromatic carbocycles. The SMILES string of the molecule is CC(C)(C)c1cc2cccnc2n1Cc1ccc(Cl)cn1. The number of fused-ring (bicyclic) bond motifs is 1. The molecule has 3 nitrogen and oxygen atoms in total. The molecule has 0 atom stereocenters. The zero-order valence-electron chi connectivity index (χ0n) is 12.5. The first-order valence-electron chi connectivity index (χ1n) is 7.00. The highest BCUT2D eigenvalue weighted by Gasteiger charge is 2.21. The van der Waals surface area contributed by atoms with Crippen LogP contribution in [-0.4, -0.2) is 14.5 Å². The molecule has 3 aromatic heterocycles. The van der Waals surface area contributed by atoms with E-state index in [2.05, 4.69) is 47.4 Å². The third-order valence-corrected chi connectivity index (χ3v) is 3.76. The van der Waals surface area contributed by atoms with Crippen LogP contribution in [-0.2, 0) is 12.0 Å². The van der Waals surface area contributed by atoms with Gasteiger partial charge in [0.25, 0.3) is 0 Å². The highest BCUT2D eigenvalue weighted by atomic mass is 35.5. The molecule has 3 rings (SSSR count). The van der Waals surface area contributed by atoms with Crippen molar-refractivity contribution in [2.75, 3.05) is 0 Å². The van der Waals surface area contributed by atoms with E-state index in [1.165, 1.54) is 5.69 Å². The Morgan fingerprint density at radius 3 is 2.62 bits per heavy atom. The quantitative estimate of drug-likeness (QED) is 0.701. The lowest BCUT2D eigenvalue weighted by Crippen LogP contribution is -2.18. The molecule has 0 amide bonds. The predicted molar refractivity (Wildman–Crippen MR) is 86.8 cm³/mol. The van der Waals surface area contributed by atoms with E-state index in [9.17, 15) is 0 Å². The van der Waals surface area contributed by atoms with Crippen molar-refractivity contribution in [2.24, 2.45) is 0 Å². The average Bonchev–Trinajstić information content (AvgIpc) is 2.81. The van der Waals surface area contributed by atoms with E-state index in [4.69, 9.17) is 11.6 Å². The summed E-state index contributed by atoms with van der Waals surface area (Å²) in [4.78, 5) is 8.94. The van der Waals surface area contributed by atoms with E-state index in [1.807, 2.05) is 24.4 Å². The maximum absolute atomic E-state index is 5.91. The van der Waals surface area contributed by atoms with Gasteiger partial charge in [0.05, 0.1) is 17.3 Å². The molecule has 0 spiro atoms. The van der Waals surface area contributed by atoms with Crippen molar-refractivity contribution in [3.05, 3.63) is 59.1 Å². The van der Waals surface area contributed by atoms with Gasteiger partial charge in [-0.15, -0.1) is 0 Å². The Morgan fingerprint density at radius 2 is 1.95 bits per heavy atom. The number of rotatable bonds is 2. The van der Waals surface area contributed by atoms with Crippen molar-refractivity contribution in [3.63, 3.8) is 0 Å². The van der Waals surface area contributed by atoms with Crippen LogP contribution in [0.3, 0.4) is 0 Å².